The molecule has 4 nitrogen and oxygen atoms in total. The number of nitrogens with one attached hydrogen (secondary N) is 1. The molecule has 0 aromatic heterocycles. The fourth-order valence-electron chi connectivity index (χ4n) is 2.62. The van der Waals surface area contributed by atoms with Crippen molar-refractivity contribution >= 4 is 9.84 Å². The summed E-state index contributed by atoms with van der Waals surface area (Å²) in [5, 5.41) is 3.32. The predicted octanol–water partition coefficient (Wildman–Crippen LogP) is 2.10. The summed E-state index contributed by atoms with van der Waals surface area (Å²) in [6, 6.07) is 5.70. The summed E-state index contributed by atoms with van der Waals surface area (Å²) >= 11 is 0. The summed E-state index contributed by atoms with van der Waals surface area (Å²) in [5.41, 5.74) is 2.10. The second-order valence-electron chi connectivity index (χ2n) is 5.80. The van der Waals surface area contributed by atoms with Crippen LogP contribution < -0.4 is 10.1 Å². The number of fused-ring (bicyclic) bond motifs is 1. The molecule has 1 atom stereocenters. The maximum Gasteiger partial charge on any atom is 0.154 e. The molecule has 1 aliphatic rings. The molecule has 0 spiro atoms. The van der Waals surface area contributed by atoms with Gasteiger partial charge in [-0.25, -0.2) is 8.42 Å². The van der Waals surface area contributed by atoms with E-state index in [2.05, 4.69) is 5.32 Å². The standard InChI is InChI=1S/C15H23NO3S/c1-5-16-14(15(2,3)20(4,17)18)12-8-6-7-11-9-10-19-13(11)12/h6-8,14,16H,5,9-10H2,1-4H3. The van der Waals surface area contributed by atoms with Gasteiger partial charge in [0.25, 0.3) is 0 Å². The maximum atomic E-state index is 12.2. The molecule has 1 unspecified atom stereocenters. The Balaban J connectivity index is 2.53. The molecule has 1 N–H and O–H groups in total. The average molecular weight is 297 g/mol. The van der Waals surface area contributed by atoms with E-state index in [1.807, 2.05) is 25.1 Å². The van der Waals surface area contributed by atoms with E-state index in [0.717, 1.165) is 23.3 Å². The third kappa shape index (κ3) is 2.56. The van der Waals surface area contributed by atoms with Crippen LogP contribution in [0.5, 0.6) is 5.75 Å². The van der Waals surface area contributed by atoms with Crippen LogP contribution in [-0.4, -0.2) is 32.6 Å². The molecule has 20 heavy (non-hydrogen) atoms. The Morgan fingerprint density at radius 2 is 2.10 bits per heavy atom. The van der Waals surface area contributed by atoms with Crippen molar-refractivity contribution in [1.29, 1.82) is 0 Å². The third-order valence-corrected chi connectivity index (χ3v) is 6.26. The first-order valence-electron chi connectivity index (χ1n) is 6.96. The smallest absolute Gasteiger partial charge is 0.154 e. The van der Waals surface area contributed by atoms with Crippen molar-refractivity contribution in [2.45, 2.75) is 38.0 Å². The van der Waals surface area contributed by atoms with Crippen LogP contribution >= 0.6 is 0 Å². The lowest BCUT2D eigenvalue weighted by atomic mass is 9.92. The average Bonchev–Trinajstić information content (AvgIpc) is 2.82. The van der Waals surface area contributed by atoms with Gasteiger partial charge in [0, 0.05) is 18.2 Å². The van der Waals surface area contributed by atoms with Gasteiger partial charge in [0.05, 0.1) is 17.4 Å². The van der Waals surface area contributed by atoms with Gasteiger partial charge in [0.1, 0.15) is 5.75 Å². The van der Waals surface area contributed by atoms with Crippen LogP contribution in [0.2, 0.25) is 0 Å². The number of hydrogen-bond donors (Lipinski definition) is 1. The van der Waals surface area contributed by atoms with Gasteiger partial charge < -0.3 is 10.1 Å². The van der Waals surface area contributed by atoms with Crippen molar-refractivity contribution in [2.75, 3.05) is 19.4 Å². The van der Waals surface area contributed by atoms with Crippen LogP contribution in [0.3, 0.4) is 0 Å². The SMILES string of the molecule is CCNC(c1cccc2c1OCC2)C(C)(C)S(C)(=O)=O. The van der Waals surface area contributed by atoms with Crippen LogP contribution in [0.15, 0.2) is 18.2 Å². The molecule has 0 aliphatic carbocycles. The van der Waals surface area contributed by atoms with Gasteiger partial charge in [-0.05, 0) is 26.0 Å². The fourth-order valence-corrected chi connectivity index (χ4v) is 3.25. The molecule has 1 aliphatic heterocycles. The molecule has 0 radical (unpaired) electrons. The van der Waals surface area contributed by atoms with Crippen LogP contribution in [0, 0.1) is 0 Å². The lowest BCUT2D eigenvalue weighted by Gasteiger charge is -2.34. The van der Waals surface area contributed by atoms with E-state index in [9.17, 15) is 8.42 Å². The zero-order valence-corrected chi connectivity index (χ0v) is 13.4. The van der Waals surface area contributed by atoms with Gasteiger partial charge in [0.15, 0.2) is 9.84 Å². The summed E-state index contributed by atoms with van der Waals surface area (Å²) in [6.45, 7) is 6.89. The minimum absolute atomic E-state index is 0.282. The van der Waals surface area contributed by atoms with Gasteiger partial charge in [-0.1, -0.05) is 25.1 Å². The topological polar surface area (TPSA) is 55.4 Å². The first kappa shape index (κ1) is 15.3. The molecular weight excluding hydrogens is 274 g/mol. The van der Waals surface area contributed by atoms with Crippen molar-refractivity contribution in [3.63, 3.8) is 0 Å². The highest BCUT2D eigenvalue weighted by atomic mass is 32.2. The van der Waals surface area contributed by atoms with Crippen molar-refractivity contribution < 1.29 is 13.2 Å². The lowest BCUT2D eigenvalue weighted by Crippen LogP contribution is -2.45. The van der Waals surface area contributed by atoms with E-state index in [1.54, 1.807) is 13.8 Å². The second-order valence-corrected chi connectivity index (χ2v) is 8.40. The highest BCUT2D eigenvalue weighted by Gasteiger charge is 2.41. The Morgan fingerprint density at radius 1 is 1.40 bits per heavy atom. The van der Waals surface area contributed by atoms with Crippen LogP contribution in [-0.2, 0) is 16.3 Å². The molecule has 5 heteroatoms. The van der Waals surface area contributed by atoms with Gasteiger partial charge in [-0.3, -0.25) is 0 Å². The predicted molar refractivity (Wildman–Crippen MR) is 81.0 cm³/mol. The van der Waals surface area contributed by atoms with E-state index >= 15 is 0 Å². The third-order valence-electron chi connectivity index (χ3n) is 4.11. The molecule has 0 amide bonds. The van der Waals surface area contributed by atoms with Crippen LogP contribution in [0.4, 0.5) is 0 Å². The molecule has 1 heterocycles. The number of sulfone groups is 1. The molecule has 112 valence electrons. The zero-order chi connectivity index (χ0) is 15.0. The van der Waals surface area contributed by atoms with E-state index in [4.69, 9.17) is 4.74 Å². The van der Waals surface area contributed by atoms with Gasteiger partial charge in [0.2, 0.25) is 0 Å². The summed E-state index contributed by atoms with van der Waals surface area (Å²) in [6.07, 6.45) is 2.18. The minimum atomic E-state index is -3.21. The van der Waals surface area contributed by atoms with Gasteiger partial charge in [-0.2, -0.15) is 0 Å². The Bertz CT molecular complexity index is 593. The Kier molecular flexibility index (Phi) is 4.12. The Hall–Kier alpha value is -1.07. The molecule has 2 rings (SSSR count). The van der Waals surface area contributed by atoms with Crippen LogP contribution in [0.25, 0.3) is 0 Å². The summed E-state index contributed by atoms with van der Waals surface area (Å²) in [7, 11) is -3.21. The van der Waals surface area contributed by atoms with Crippen molar-refractivity contribution in [3.05, 3.63) is 29.3 Å². The first-order chi connectivity index (χ1) is 9.29. The van der Waals surface area contributed by atoms with Crippen molar-refractivity contribution in [1.82, 2.24) is 5.32 Å². The van der Waals surface area contributed by atoms with E-state index < -0.39 is 14.6 Å². The molecule has 1 aromatic rings. The second kappa shape index (κ2) is 5.37. The Labute approximate surface area is 121 Å². The van der Waals surface area contributed by atoms with Crippen LogP contribution in [0.1, 0.15) is 37.9 Å². The maximum absolute atomic E-state index is 12.2. The molecule has 0 fully saturated rings. The van der Waals surface area contributed by atoms with Gasteiger partial charge >= 0.3 is 0 Å². The first-order valence-corrected chi connectivity index (χ1v) is 8.85. The van der Waals surface area contributed by atoms with E-state index in [-0.39, 0.29) is 6.04 Å². The molecule has 0 saturated heterocycles. The minimum Gasteiger partial charge on any atom is -0.493 e. The number of rotatable bonds is 5. The number of ether oxygens (including phenoxy) is 1. The highest BCUT2D eigenvalue weighted by molar-refractivity contribution is 7.92. The van der Waals surface area contributed by atoms with Crippen molar-refractivity contribution in [3.8, 4) is 5.75 Å². The number of para-hydroxylation sites is 1. The fraction of sp³-hybridized carbons (Fsp3) is 0.600. The molecule has 1 aromatic carbocycles. The largest absolute Gasteiger partial charge is 0.493 e. The lowest BCUT2D eigenvalue weighted by molar-refractivity contribution is 0.341. The molecule has 0 bridgehead atoms. The Morgan fingerprint density at radius 3 is 2.70 bits per heavy atom. The summed E-state index contributed by atoms with van der Waals surface area (Å²) in [4.78, 5) is 0. The molecular formula is C15H23NO3S. The van der Waals surface area contributed by atoms with E-state index in [1.165, 1.54) is 6.26 Å². The zero-order valence-electron chi connectivity index (χ0n) is 12.6. The molecule has 0 saturated carbocycles. The number of hydrogen-bond acceptors (Lipinski definition) is 4. The summed E-state index contributed by atoms with van der Waals surface area (Å²) in [5.74, 6) is 0.857. The quantitative estimate of drug-likeness (QED) is 0.904. The number of benzene rings is 1. The van der Waals surface area contributed by atoms with Gasteiger partial charge in [-0.15, -0.1) is 0 Å². The normalized spacial score (nSPS) is 16.6. The van der Waals surface area contributed by atoms with Crippen molar-refractivity contribution in [2.24, 2.45) is 0 Å². The highest BCUT2D eigenvalue weighted by Crippen LogP contribution is 2.40. The van der Waals surface area contributed by atoms with E-state index in [0.29, 0.717) is 13.2 Å². The monoisotopic (exact) mass is 297 g/mol. The summed E-state index contributed by atoms with van der Waals surface area (Å²) < 4.78 is 29.2.